The Labute approximate surface area is 163 Å². The van der Waals surface area contributed by atoms with E-state index in [0.29, 0.717) is 10.7 Å². The van der Waals surface area contributed by atoms with Gasteiger partial charge in [-0.15, -0.1) is 0 Å². The van der Waals surface area contributed by atoms with Crippen LogP contribution in [0.2, 0.25) is 10.0 Å². The lowest BCUT2D eigenvalue weighted by atomic mass is 10.0. The first kappa shape index (κ1) is 18.8. The molecule has 3 rings (SSSR count). The van der Waals surface area contributed by atoms with E-state index in [1.807, 2.05) is 48.5 Å². The zero-order chi connectivity index (χ0) is 18.7. The number of hydrogen-bond donors (Lipinski definition) is 0. The predicted octanol–water partition coefficient (Wildman–Crippen LogP) is 5.88. The molecule has 3 nitrogen and oxygen atoms in total. The quantitative estimate of drug-likeness (QED) is 0.531. The van der Waals surface area contributed by atoms with E-state index in [4.69, 9.17) is 23.2 Å². The summed E-state index contributed by atoms with van der Waals surface area (Å²) < 4.78 is 28.0. The highest BCUT2D eigenvalue weighted by Crippen LogP contribution is 2.36. The van der Waals surface area contributed by atoms with Gasteiger partial charge in [-0.1, -0.05) is 71.7 Å². The SMILES string of the molecule is CCN(c1ccccc1-c1ccccc1)S(=O)(=O)c1cc(Cl)ccc1Cl. The minimum Gasteiger partial charge on any atom is -0.266 e. The number of rotatable bonds is 5. The van der Waals surface area contributed by atoms with Crippen LogP contribution < -0.4 is 4.31 Å². The van der Waals surface area contributed by atoms with Crippen LogP contribution in [0.25, 0.3) is 11.1 Å². The van der Waals surface area contributed by atoms with Crippen LogP contribution in [-0.2, 0) is 10.0 Å². The van der Waals surface area contributed by atoms with E-state index in [1.165, 1.54) is 16.4 Å². The van der Waals surface area contributed by atoms with Gasteiger partial charge in [-0.2, -0.15) is 0 Å². The molecule has 0 bridgehead atoms. The fourth-order valence-electron chi connectivity index (χ4n) is 2.82. The van der Waals surface area contributed by atoms with Crippen LogP contribution in [0.1, 0.15) is 6.92 Å². The Bertz CT molecular complexity index is 1020. The van der Waals surface area contributed by atoms with Crippen molar-refractivity contribution in [3.63, 3.8) is 0 Å². The average Bonchev–Trinajstić information content (AvgIpc) is 2.65. The summed E-state index contributed by atoms with van der Waals surface area (Å²) >= 11 is 12.2. The van der Waals surface area contributed by atoms with E-state index in [0.717, 1.165) is 11.1 Å². The minimum absolute atomic E-state index is 0.00335. The van der Waals surface area contributed by atoms with Crippen LogP contribution in [0.4, 0.5) is 5.69 Å². The van der Waals surface area contributed by atoms with E-state index in [1.54, 1.807) is 19.1 Å². The number of halogens is 2. The van der Waals surface area contributed by atoms with Crippen molar-refractivity contribution in [3.8, 4) is 11.1 Å². The summed E-state index contributed by atoms with van der Waals surface area (Å²) in [4.78, 5) is -0.00335. The van der Waals surface area contributed by atoms with Gasteiger partial charge >= 0.3 is 0 Å². The minimum atomic E-state index is -3.87. The van der Waals surface area contributed by atoms with E-state index in [9.17, 15) is 8.42 Å². The summed E-state index contributed by atoms with van der Waals surface area (Å²) in [7, 11) is -3.87. The van der Waals surface area contributed by atoms with Gasteiger partial charge in [-0.3, -0.25) is 4.31 Å². The van der Waals surface area contributed by atoms with E-state index in [-0.39, 0.29) is 16.5 Å². The highest BCUT2D eigenvalue weighted by atomic mass is 35.5. The van der Waals surface area contributed by atoms with Gasteiger partial charge in [0.1, 0.15) is 4.90 Å². The van der Waals surface area contributed by atoms with Crippen LogP contribution >= 0.6 is 23.2 Å². The maximum atomic E-state index is 13.3. The Morgan fingerprint density at radius 1 is 0.885 bits per heavy atom. The second-order valence-corrected chi connectivity index (χ2v) is 8.30. The van der Waals surface area contributed by atoms with Gasteiger partial charge in [-0.05, 0) is 36.8 Å². The van der Waals surface area contributed by atoms with Crippen molar-refractivity contribution < 1.29 is 8.42 Å². The first-order valence-corrected chi connectivity index (χ1v) is 10.3. The van der Waals surface area contributed by atoms with Gasteiger partial charge in [0.05, 0.1) is 10.7 Å². The molecule has 6 heteroatoms. The molecule has 26 heavy (non-hydrogen) atoms. The molecular weight excluding hydrogens is 389 g/mol. The van der Waals surface area contributed by atoms with Gasteiger partial charge in [-0.25, -0.2) is 8.42 Å². The molecule has 0 aliphatic heterocycles. The van der Waals surface area contributed by atoms with Crippen molar-refractivity contribution >= 4 is 38.9 Å². The zero-order valence-corrected chi connectivity index (χ0v) is 16.4. The maximum absolute atomic E-state index is 13.3. The smallest absolute Gasteiger partial charge is 0.265 e. The van der Waals surface area contributed by atoms with Gasteiger partial charge < -0.3 is 0 Å². The second-order valence-electron chi connectivity index (χ2n) is 5.63. The molecule has 0 saturated heterocycles. The van der Waals surface area contributed by atoms with Crippen LogP contribution in [0.15, 0.2) is 77.7 Å². The van der Waals surface area contributed by atoms with Crippen molar-refractivity contribution in [2.45, 2.75) is 11.8 Å². The maximum Gasteiger partial charge on any atom is 0.265 e. The Hall–Kier alpha value is -2.01. The van der Waals surface area contributed by atoms with Crippen molar-refractivity contribution in [3.05, 3.63) is 82.8 Å². The number of anilines is 1. The van der Waals surface area contributed by atoms with Crippen LogP contribution in [0.5, 0.6) is 0 Å². The van der Waals surface area contributed by atoms with Gasteiger partial charge in [0, 0.05) is 17.1 Å². The Kier molecular flexibility index (Phi) is 5.56. The average molecular weight is 406 g/mol. The molecule has 0 saturated carbocycles. The standard InChI is InChI=1S/C20H17Cl2NO2S/c1-2-23(26(24,25)20-14-16(21)12-13-18(20)22)19-11-7-6-10-17(19)15-8-4-3-5-9-15/h3-14H,2H2,1H3. The van der Waals surface area contributed by atoms with Crippen LogP contribution in [0.3, 0.4) is 0 Å². The largest absolute Gasteiger partial charge is 0.266 e. The molecule has 0 radical (unpaired) electrons. The fraction of sp³-hybridized carbons (Fsp3) is 0.100. The molecule has 0 amide bonds. The lowest BCUT2D eigenvalue weighted by molar-refractivity contribution is 0.592. The molecule has 0 aliphatic carbocycles. The fourth-order valence-corrected chi connectivity index (χ4v) is 5.05. The highest BCUT2D eigenvalue weighted by molar-refractivity contribution is 7.93. The first-order valence-electron chi connectivity index (χ1n) is 8.07. The zero-order valence-electron chi connectivity index (χ0n) is 14.1. The molecule has 0 heterocycles. The molecule has 0 N–H and O–H groups in total. The third-order valence-electron chi connectivity index (χ3n) is 4.01. The van der Waals surface area contributed by atoms with Crippen LogP contribution in [0, 0.1) is 0 Å². The summed E-state index contributed by atoms with van der Waals surface area (Å²) in [6, 6.07) is 21.5. The van der Waals surface area contributed by atoms with E-state index >= 15 is 0 Å². The molecule has 0 unspecified atom stereocenters. The van der Waals surface area contributed by atoms with Crippen molar-refractivity contribution in [2.75, 3.05) is 10.8 Å². The number of hydrogen-bond acceptors (Lipinski definition) is 2. The summed E-state index contributed by atoms with van der Waals surface area (Å²) in [6.07, 6.45) is 0. The van der Waals surface area contributed by atoms with Crippen LogP contribution in [-0.4, -0.2) is 15.0 Å². The normalized spacial score (nSPS) is 11.3. The highest BCUT2D eigenvalue weighted by Gasteiger charge is 2.28. The topological polar surface area (TPSA) is 37.4 Å². The molecule has 0 aromatic heterocycles. The Balaban J connectivity index is 2.18. The molecule has 0 fully saturated rings. The molecule has 0 spiro atoms. The molecular formula is C20H17Cl2NO2S. The summed E-state index contributed by atoms with van der Waals surface area (Å²) in [5, 5.41) is 0.463. The third-order valence-corrected chi connectivity index (χ3v) is 6.61. The van der Waals surface area contributed by atoms with Crippen molar-refractivity contribution in [1.82, 2.24) is 0 Å². The summed E-state index contributed by atoms with van der Waals surface area (Å²) in [6.45, 7) is 2.05. The van der Waals surface area contributed by atoms with Gasteiger partial charge in [0.25, 0.3) is 10.0 Å². The number of benzene rings is 3. The third kappa shape index (κ3) is 3.58. The second kappa shape index (κ2) is 7.70. The van der Waals surface area contributed by atoms with Crippen molar-refractivity contribution in [2.24, 2.45) is 0 Å². The summed E-state index contributed by atoms with van der Waals surface area (Å²) in [5.41, 5.74) is 2.36. The van der Waals surface area contributed by atoms with E-state index in [2.05, 4.69) is 0 Å². The summed E-state index contributed by atoms with van der Waals surface area (Å²) in [5.74, 6) is 0. The Morgan fingerprint density at radius 3 is 2.23 bits per heavy atom. The molecule has 0 aliphatic rings. The monoisotopic (exact) mass is 405 g/mol. The molecule has 0 atom stereocenters. The molecule has 3 aromatic rings. The lowest BCUT2D eigenvalue weighted by Gasteiger charge is -2.26. The Morgan fingerprint density at radius 2 is 1.54 bits per heavy atom. The number of sulfonamides is 1. The molecule has 134 valence electrons. The number of nitrogens with zero attached hydrogens (tertiary/aromatic N) is 1. The predicted molar refractivity (Wildman–Crippen MR) is 109 cm³/mol. The van der Waals surface area contributed by atoms with Gasteiger partial charge in [0.15, 0.2) is 0 Å². The van der Waals surface area contributed by atoms with Gasteiger partial charge in [0.2, 0.25) is 0 Å². The van der Waals surface area contributed by atoms with E-state index < -0.39 is 10.0 Å². The molecule has 3 aromatic carbocycles. The number of para-hydroxylation sites is 1. The van der Waals surface area contributed by atoms with Crippen molar-refractivity contribution in [1.29, 1.82) is 0 Å². The lowest BCUT2D eigenvalue weighted by Crippen LogP contribution is -2.31. The first-order chi connectivity index (χ1) is 12.4.